The summed E-state index contributed by atoms with van der Waals surface area (Å²) in [5, 5.41) is 9.70. The molecule has 0 atom stereocenters. The minimum atomic E-state index is -0.978. The molecule has 8 nitrogen and oxygen atoms in total. The van der Waals surface area contributed by atoms with Crippen LogP contribution >= 0.6 is 27.7 Å². The number of hydrogen-bond donors (Lipinski definition) is 1. The first-order valence-electron chi connectivity index (χ1n) is 12.2. The van der Waals surface area contributed by atoms with E-state index in [-0.39, 0.29) is 18.1 Å². The van der Waals surface area contributed by atoms with Gasteiger partial charge < -0.3 is 19.3 Å². The molecular weight excluding hydrogens is 584 g/mol. The predicted molar refractivity (Wildman–Crippen MR) is 156 cm³/mol. The van der Waals surface area contributed by atoms with Crippen LogP contribution in [0.5, 0.6) is 17.2 Å². The second-order valence-corrected chi connectivity index (χ2v) is 10.2. The van der Waals surface area contributed by atoms with Gasteiger partial charge >= 0.3 is 5.97 Å². The molecule has 4 rings (SSSR count). The maximum atomic E-state index is 13.2. The molecule has 0 spiro atoms. The third kappa shape index (κ3) is 6.82. The minimum absolute atomic E-state index is 0.117. The highest BCUT2D eigenvalue weighted by molar-refractivity contribution is 9.10. The Hall–Kier alpha value is -3.76. The monoisotopic (exact) mass is 610 g/mol. The molecule has 0 aromatic heterocycles. The Bertz CT molecular complexity index is 1420. The highest BCUT2D eigenvalue weighted by Crippen LogP contribution is 2.40. The zero-order valence-corrected chi connectivity index (χ0v) is 24.0. The first kappa shape index (κ1) is 28.3. The van der Waals surface area contributed by atoms with Gasteiger partial charge in [0.15, 0.2) is 16.7 Å². The van der Waals surface area contributed by atoms with E-state index in [1.807, 2.05) is 56.3 Å². The topological polar surface area (TPSA) is 97.7 Å². The average Bonchev–Trinajstić information content (AvgIpc) is 3.22. The van der Waals surface area contributed by atoms with Gasteiger partial charge in [0, 0.05) is 6.54 Å². The maximum Gasteiger partial charge on any atom is 0.335 e. The summed E-state index contributed by atoms with van der Waals surface area (Å²) >= 11 is 4.90. The van der Waals surface area contributed by atoms with Gasteiger partial charge in [0.1, 0.15) is 12.4 Å². The number of hydrogen-bond acceptors (Lipinski definition) is 7. The molecule has 3 aromatic rings. The number of ether oxygens (including phenoxy) is 3. The number of amides is 1. The highest BCUT2D eigenvalue weighted by atomic mass is 79.9. The molecule has 1 amide bonds. The van der Waals surface area contributed by atoms with Crippen molar-refractivity contribution in [3.05, 3.63) is 86.7 Å². The van der Waals surface area contributed by atoms with Crippen LogP contribution in [0.2, 0.25) is 0 Å². The third-order valence-corrected chi connectivity index (χ3v) is 7.31. The first-order valence-corrected chi connectivity index (χ1v) is 13.8. The molecule has 0 aliphatic carbocycles. The summed E-state index contributed by atoms with van der Waals surface area (Å²) in [4.78, 5) is 31.1. The number of carbonyl (C=O) groups excluding carboxylic acids is 1. The van der Waals surface area contributed by atoms with Crippen LogP contribution in [0.25, 0.3) is 6.08 Å². The number of nitrogens with zero attached hydrogens (tertiary/aromatic N) is 2. The minimum Gasteiger partial charge on any atom is -0.497 e. The fraction of sp³-hybridized carbons (Fsp3) is 0.207. The first-order chi connectivity index (χ1) is 18.8. The molecule has 0 radical (unpaired) electrons. The Morgan fingerprint density at radius 2 is 1.79 bits per heavy atom. The van der Waals surface area contributed by atoms with Crippen molar-refractivity contribution in [3.63, 3.8) is 0 Å². The van der Waals surface area contributed by atoms with Crippen LogP contribution in [0.1, 0.15) is 35.3 Å². The van der Waals surface area contributed by atoms with E-state index < -0.39 is 5.97 Å². The smallest absolute Gasteiger partial charge is 0.335 e. The number of likely N-dealkylation sites (N-methyl/N-ethyl adjacent to an activating group) is 1. The van der Waals surface area contributed by atoms with Gasteiger partial charge in [-0.25, -0.2) is 9.79 Å². The van der Waals surface area contributed by atoms with E-state index in [4.69, 9.17) is 19.3 Å². The SMILES string of the molecule is CCOc1cc(/C=C2/SC(=Nc3ccc(OC)cc3)N(CC)C2=O)cc(Br)c1OCc1ccc(C(=O)O)cc1. The number of halogens is 1. The average molecular weight is 612 g/mol. The number of amidine groups is 1. The van der Waals surface area contributed by atoms with Crippen molar-refractivity contribution in [1.29, 1.82) is 0 Å². The van der Waals surface area contributed by atoms with E-state index >= 15 is 0 Å². The number of carboxylic acids is 1. The third-order valence-electron chi connectivity index (χ3n) is 5.71. The van der Waals surface area contributed by atoms with Crippen molar-refractivity contribution in [2.75, 3.05) is 20.3 Å². The summed E-state index contributed by atoms with van der Waals surface area (Å²) < 4.78 is 17.8. The Labute approximate surface area is 239 Å². The molecular formula is C29H27BrN2O6S. The van der Waals surface area contributed by atoms with Gasteiger partial charge in [-0.1, -0.05) is 12.1 Å². The number of carbonyl (C=O) groups is 2. The van der Waals surface area contributed by atoms with Crippen molar-refractivity contribution in [2.45, 2.75) is 20.5 Å². The van der Waals surface area contributed by atoms with Gasteiger partial charge in [0.05, 0.1) is 34.3 Å². The van der Waals surface area contributed by atoms with Gasteiger partial charge in [-0.3, -0.25) is 9.69 Å². The van der Waals surface area contributed by atoms with Gasteiger partial charge in [-0.05, 0) is 107 Å². The zero-order valence-electron chi connectivity index (χ0n) is 21.6. The van der Waals surface area contributed by atoms with Crippen LogP contribution in [0.3, 0.4) is 0 Å². The van der Waals surface area contributed by atoms with Crippen molar-refractivity contribution in [2.24, 2.45) is 4.99 Å². The zero-order chi connectivity index (χ0) is 27.9. The number of carboxylic acid groups (broad SMARTS) is 1. The summed E-state index contributed by atoms with van der Waals surface area (Å²) in [5.74, 6) is 0.684. The molecule has 0 saturated carbocycles. The molecule has 1 saturated heterocycles. The summed E-state index contributed by atoms with van der Waals surface area (Å²) in [6.07, 6.45) is 1.81. The normalized spacial score (nSPS) is 15.2. The van der Waals surface area contributed by atoms with E-state index in [1.165, 1.54) is 23.9 Å². The quantitative estimate of drug-likeness (QED) is 0.253. The second-order valence-electron chi connectivity index (χ2n) is 8.31. The van der Waals surface area contributed by atoms with E-state index in [2.05, 4.69) is 20.9 Å². The number of aliphatic imine (C=N–C) groups is 1. The highest BCUT2D eigenvalue weighted by Gasteiger charge is 2.32. The fourth-order valence-electron chi connectivity index (χ4n) is 3.76. The number of aromatic carboxylic acids is 1. The van der Waals surface area contributed by atoms with Crippen LogP contribution in [-0.2, 0) is 11.4 Å². The Kier molecular flexibility index (Phi) is 9.32. The van der Waals surface area contributed by atoms with Gasteiger partial charge in [-0.15, -0.1) is 0 Å². The van der Waals surface area contributed by atoms with Crippen LogP contribution < -0.4 is 14.2 Å². The molecule has 1 heterocycles. The van der Waals surface area contributed by atoms with Crippen LogP contribution in [0.15, 0.2) is 75.0 Å². The molecule has 39 heavy (non-hydrogen) atoms. The molecule has 202 valence electrons. The fourth-order valence-corrected chi connectivity index (χ4v) is 5.40. The van der Waals surface area contributed by atoms with Gasteiger partial charge in [-0.2, -0.15) is 0 Å². The second kappa shape index (κ2) is 12.9. The van der Waals surface area contributed by atoms with Crippen molar-refractivity contribution in [3.8, 4) is 17.2 Å². The summed E-state index contributed by atoms with van der Waals surface area (Å²) in [6.45, 7) is 4.93. The lowest BCUT2D eigenvalue weighted by Gasteiger charge is -2.15. The van der Waals surface area contributed by atoms with E-state index in [1.54, 1.807) is 24.1 Å². The molecule has 0 bridgehead atoms. The largest absolute Gasteiger partial charge is 0.497 e. The maximum absolute atomic E-state index is 13.2. The number of benzene rings is 3. The lowest BCUT2D eigenvalue weighted by Crippen LogP contribution is -2.28. The van der Waals surface area contributed by atoms with Gasteiger partial charge in [0.25, 0.3) is 5.91 Å². The van der Waals surface area contributed by atoms with E-state index in [0.29, 0.717) is 39.2 Å². The molecule has 3 aromatic carbocycles. The predicted octanol–water partition coefficient (Wildman–Crippen LogP) is 6.76. The summed E-state index contributed by atoms with van der Waals surface area (Å²) in [5.41, 5.74) is 2.52. The van der Waals surface area contributed by atoms with E-state index in [9.17, 15) is 9.59 Å². The van der Waals surface area contributed by atoms with Crippen LogP contribution in [0.4, 0.5) is 5.69 Å². The van der Waals surface area contributed by atoms with Crippen LogP contribution in [0, 0.1) is 0 Å². The lowest BCUT2D eigenvalue weighted by atomic mass is 10.1. The van der Waals surface area contributed by atoms with Crippen molar-refractivity contribution < 1.29 is 28.9 Å². The van der Waals surface area contributed by atoms with Gasteiger partial charge in [0.2, 0.25) is 0 Å². The molecule has 10 heteroatoms. The Balaban J connectivity index is 1.57. The Morgan fingerprint density at radius 1 is 1.08 bits per heavy atom. The van der Waals surface area contributed by atoms with Crippen molar-refractivity contribution >= 4 is 56.5 Å². The standard InChI is InChI=1S/C29H27BrN2O6S/c1-4-32-27(33)25(39-29(32)31-21-10-12-22(36-3)13-11-21)16-19-14-23(30)26(24(15-19)37-5-2)38-17-18-6-8-20(9-7-18)28(34)35/h6-16H,4-5,17H2,1-3H3,(H,34,35)/b25-16+,31-29?. The summed E-state index contributed by atoms with van der Waals surface area (Å²) in [6, 6.07) is 17.5. The summed E-state index contributed by atoms with van der Waals surface area (Å²) in [7, 11) is 1.61. The molecule has 1 fully saturated rings. The number of thioether (sulfide) groups is 1. The van der Waals surface area contributed by atoms with Crippen LogP contribution in [-0.4, -0.2) is 47.3 Å². The molecule has 1 aliphatic rings. The van der Waals surface area contributed by atoms with E-state index in [0.717, 1.165) is 22.6 Å². The molecule has 0 unspecified atom stereocenters. The molecule has 1 aliphatic heterocycles. The van der Waals surface area contributed by atoms with Crippen molar-refractivity contribution in [1.82, 2.24) is 4.90 Å². The molecule has 1 N–H and O–H groups in total. The number of methoxy groups -OCH3 is 1. The lowest BCUT2D eigenvalue weighted by molar-refractivity contribution is -0.122. The Morgan fingerprint density at radius 3 is 2.41 bits per heavy atom. The number of rotatable bonds is 10.